The first-order chi connectivity index (χ1) is 7.72. The smallest absolute Gasteiger partial charge is 0.0947 e. The zero-order chi connectivity index (χ0) is 12.0. The molecule has 1 aromatic carbocycles. The van der Waals surface area contributed by atoms with Crippen LogP contribution in [0.5, 0.6) is 0 Å². The lowest BCUT2D eigenvalue weighted by molar-refractivity contribution is 0.281. The molecule has 0 bridgehead atoms. The molecule has 16 heavy (non-hydrogen) atoms. The topological polar surface area (TPSA) is 44.0 Å². The van der Waals surface area contributed by atoms with E-state index in [1.54, 1.807) is 0 Å². The van der Waals surface area contributed by atoms with Gasteiger partial charge in [0.15, 0.2) is 0 Å². The van der Waals surface area contributed by atoms with Crippen molar-refractivity contribution in [3.63, 3.8) is 0 Å². The summed E-state index contributed by atoms with van der Waals surface area (Å²) >= 11 is 0. The molecule has 0 heterocycles. The predicted molar refractivity (Wildman–Crippen MR) is 65.6 cm³/mol. The van der Waals surface area contributed by atoms with Gasteiger partial charge in [0.2, 0.25) is 0 Å². The first-order valence-electron chi connectivity index (χ1n) is 5.53. The van der Waals surface area contributed by atoms with Gasteiger partial charge in [0.05, 0.1) is 12.7 Å². The summed E-state index contributed by atoms with van der Waals surface area (Å²) in [6.45, 7) is 4.07. The quantitative estimate of drug-likeness (QED) is 0.784. The molecule has 2 heteroatoms. The number of hydrogen-bond acceptors (Lipinski definition) is 2. The summed E-state index contributed by atoms with van der Waals surface area (Å²) in [7, 11) is 0. The third kappa shape index (κ3) is 2.95. The molecule has 2 nitrogen and oxygen atoms in total. The van der Waals surface area contributed by atoms with Crippen molar-refractivity contribution in [2.24, 2.45) is 0 Å². The maximum absolute atomic E-state index is 9.15. The first kappa shape index (κ1) is 12.5. The number of nitrogens with zero attached hydrogens (tertiary/aromatic N) is 1. The van der Waals surface area contributed by atoms with Gasteiger partial charge in [-0.1, -0.05) is 31.5 Å². The molecule has 0 radical (unpaired) electrons. The van der Waals surface area contributed by atoms with Crippen LogP contribution in [0.2, 0.25) is 0 Å². The summed E-state index contributed by atoms with van der Waals surface area (Å²) in [5, 5.41) is 18.1. The third-order valence-corrected chi connectivity index (χ3v) is 2.65. The standard InChI is InChI=1S/C14H17NO/c1-3-5-12(9-15)8-13-6-4-7-14(10-16)11(13)2/h4,6-8,16H,3,5,10H2,1-2H3/b12-8-. The number of hydrogen-bond donors (Lipinski definition) is 1. The highest BCUT2D eigenvalue weighted by molar-refractivity contribution is 5.61. The molecule has 1 rings (SSSR count). The Kier molecular flexibility index (Phi) is 4.75. The third-order valence-electron chi connectivity index (χ3n) is 2.65. The number of aliphatic hydroxyl groups is 1. The lowest BCUT2D eigenvalue weighted by Crippen LogP contribution is -1.92. The van der Waals surface area contributed by atoms with Crippen LogP contribution in [0, 0.1) is 18.3 Å². The van der Waals surface area contributed by atoms with E-state index in [9.17, 15) is 0 Å². The molecule has 1 aromatic rings. The van der Waals surface area contributed by atoms with Crippen molar-refractivity contribution in [2.75, 3.05) is 0 Å². The van der Waals surface area contributed by atoms with Crippen LogP contribution in [0.25, 0.3) is 6.08 Å². The maximum atomic E-state index is 9.15. The number of nitriles is 1. The normalized spacial score (nSPS) is 11.2. The van der Waals surface area contributed by atoms with Crippen molar-refractivity contribution in [1.29, 1.82) is 5.26 Å². The van der Waals surface area contributed by atoms with Crippen molar-refractivity contribution in [1.82, 2.24) is 0 Å². The second kappa shape index (κ2) is 6.09. The van der Waals surface area contributed by atoms with E-state index in [0.717, 1.165) is 35.1 Å². The van der Waals surface area contributed by atoms with Crippen molar-refractivity contribution in [3.8, 4) is 6.07 Å². The van der Waals surface area contributed by atoms with Gasteiger partial charge in [-0.05, 0) is 36.1 Å². The minimum Gasteiger partial charge on any atom is -0.392 e. The van der Waals surface area contributed by atoms with E-state index in [4.69, 9.17) is 10.4 Å². The van der Waals surface area contributed by atoms with Gasteiger partial charge in [-0.3, -0.25) is 0 Å². The Morgan fingerprint density at radius 1 is 1.50 bits per heavy atom. The summed E-state index contributed by atoms with van der Waals surface area (Å²) in [5.74, 6) is 0. The summed E-state index contributed by atoms with van der Waals surface area (Å²) in [6, 6.07) is 8.00. The molecule has 1 N–H and O–H groups in total. The van der Waals surface area contributed by atoms with Crippen LogP contribution >= 0.6 is 0 Å². The van der Waals surface area contributed by atoms with Gasteiger partial charge >= 0.3 is 0 Å². The second-order valence-electron chi connectivity index (χ2n) is 3.82. The fraction of sp³-hybridized carbons (Fsp3) is 0.357. The van der Waals surface area contributed by atoms with Gasteiger partial charge < -0.3 is 5.11 Å². The molecule has 0 aliphatic rings. The minimum absolute atomic E-state index is 0.0448. The van der Waals surface area contributed by atoms with Gasteiger partial charge in [0.25, 0.3) is 0 Å². The Morgan fingerprint density at radius 2 is 2.25 bits per heavy atom. The fourth-order valence-electron chi connectivity index (χ4n) is 1.65. The molecule has 0 aromatic heterocycles. The second-order valence-corrected chi connectivity index (χ2v) is 3.82. The Hall–Kier alpha value is -1.59. The van der Waals surface area contributed by atoms with Gasteiger partial charge in [-0.15, -0.1) is 0 Å². The molecule has 0 amide bonds. The molecular weight excluding hydrogens is 198 g/mol. The van der Waals surface area contributed by atoms with Crippen LogP contribution in [0.4, 0.5) is 0 Å². The summed E-state index contributed by atoms with van der Waals surface area (Å²) in [5.41, 5.74) is 3.79. The van der Waals surface area contributed by atoms with E-state index < -0.39 is 0 Å². The van der Waals surface area contributed by atoms with Crippen LogP contribution < -0.4 is 0 Å². The molecular formula is C14H17NO. The molecule has 0 unspecified atom stereocenters. The van der Waals surface area contributed by atoms with E-state index in [0.29, 0.717) is 0 Å². The van der Waals surface area contributed by atoms with Crippen LogP contribution in [-0.4, -0.2) is 5.11 Å². The zero-order valence-corrected chi connectivity index (χ0v) is 9.83. The van der Waals surface area contributed by atoms with E-state index >= 15 is 0 Å². The highest BCUT2D eigenvalue weighted by Gasteiger charge is 2.02. The van der Waals surface area contributed by atoms with Crippen LogP contribution in [0.1, 0.15) is 36.5 Å². The Bertz CT molecular complexity index is 427. The van der Waals surface area contributed by atoms with Crippen molar-refractivity contribution in [3.05, 3.63) is 40.5 Å². The van der Waals surface area contributed by atoms with Gasteiger partial charge in [0.1, 0.15) is 0 Å². The molecule has 84 valence electrons. The Labute approximate surface area is 96.8 Å². The first-order valence-corrected chi connectivity index (χ1v) is 5.53. The number of rotatable bonds is 4. The number of allylic oxidation sites excluding steroid dienone is 1. The van der Waals surface area contributed by atoms with Gasteiger partial charge in [-0.2, -0.15) is 5.26 Å². The van der Waals surface area contributed by atoms with Crippen molar-refractivity contribution < 1.29 is 5.11 Å². The largest absolute Gasteiger partial charge is 0.392 e. The number of aliphatic hydroxyl groups excluding tert-OH is 1. The predicted octanol–water partition coefficient (Wildman–Crippen LogP) is 3.19. The SMILES string of the molecule is CCC/C(C#N)=C/c1cccc(CO)c1C. The average molecular weight is 215 g/mol. The van der Waals surface area contributed by atoms with E-state index in [1.165, 1.54) is 0 Å². The zero-order valence-electron chi connectivity index (χ0n) is 9.83. The van der Waals surface area contributed by atoms with Crippen molar-refractivity contribution >= 4 is 6.08 Å². The van der Waals surface area contributed by atoms with Gasteiger partial charge in [0, 0.05) is 5.57 Å². The fourth-order valence-corrected chi connectivity index (χ4v) is 1.65. The minimum atomic E-state index is 0.0448. The maximum Gasteiger partial charge on any atom is 0.0947 e. The van der Waals surface area contributed by atoms with Crippen molar-refractivity contribution in [2.45, 2.75) is 33.3 Å². The van der Waals surface area contributed by atoms with E-state index in [-0.39, 0.29) is 6.61 Å². The summed E-state index contributed by atoms with van der Waals surface area (Å²) in [6.07, 6.45) is 3.69. The number of benzene rings is 1. The summed E-state index contributed by atoms with van der Waals surface area (Å²) < 4.78 is 0. The molecule has 0 saturated carbocycles. The van der Waals surface area contributed by atoms with E-state index in [2.05, 4.69) is 13.0 Å². The van der Waals surface area contributed by atoms with Crippen LogP contribution in [0.15, 0.2) is 23.8 Å². The monoisotopic (exact) mass is 215 g/mol. The van der Waals surface area contributed by atoms with E-state index in [1.807, 2.05) is 31.2 Å². The summed E-state index contributed by atoms with van der Waals surface area (Å²) in [4.78, 5) is 0. The lowest BCUT2D eigenvalue weighted by Gasteiger charge is -2.06. The van der Waals surface area contributed by atoms with Crippen LogP contribution in [-0.2, 0) is 6.61 Å². The average Bonchev–Trinajstić information content (AvgIpc) is 2.31. The molecule has 0 aliphatic carbocycles. The Morgan fingerprint density at radius 3 is 2.81 bits per heavy atom. The molecule has 0 spiro atoms. The van der Waals surface area contributed by atoms with Gasteiger partial charge in [-0.25, -0.2) is 0 Å². The molecule has 0 fully saturated rings. The molecule has 0 atom stereocenters. The Balaban J connectivity index is 3.09. The highest BCUT2D eigenvalue weighted by Crippen LogP contribution is 2.18. The molecule has 0 aliphatic heterocycles. The lowest BCUT2D eigenvalue weighted by atomic mass is 10.00. The molecule has 0 saturated heterocycles. The van der Waals surface area contributed by atoms with Crippen LogP contribution in [0.3, 0.4) is 0 Å². The highest BCUT2D eigenvalue weighted by atomic mass is 16.3.